The van der Waals surface area contributed by atoms with Crippen molar-refractivity contribution in [1.82, 2.24) is 10.2 Å². The summed E-state index contributed by atoms with van der Waals surface area (Å²) in [6.45, 7) is 0.946. The number of hydrogen-bond acceptors (Lipinski definition) is 4. The number of amides is 3. The van der Waals surface area contributed by atoms with Crippen molar-refractivity contribution in [2.45, 2.75) is 6.92 Å². The lowest BCUT2D eigenvalue weighted by molar-refractivity contribution is -0.141. The molecule has 0 fully saturated rings. The summed E-state index contributed by atoms with van der Waals surface area (Å²) in [5.41, 5.74) is 0.492. The molecule has 1 aliphatic heterocycles. The molecule has 0 spiro atoms. The molecule has 1 heterocycles. The van der Waals surface area contributed by atoms with E-state index in [2.05, 4.69) is 21.2 Å². The molecule has 22 heavy (non-hydrogen) atoms. The summed E-state index contributed by atoms with van der Waals surface area (Å²) in [7, 11) is 0. The molecule has 1 aromatic carbocycles. The number of rotatable bonds is 5. The van der Waals surface area contributed by atoms with Crippen molar-refractivity contribution in [3.63, 3.8) is 0 Å². The first-order valence-corrected chi connectivity index (χ1v) is 7.25. The molecule has 0 aliphatic carbocycles. The highest BCUT2D eigenvalue weighted by Gasteiger charge is 2.36. The predicted octanol–water partition coefficient (Wildman–Crippen LogP) is 0.882. The van der Waals surface area contributed by atoms with Gasteiger partial charge >= 0.3 is 5.97 Å². The van der Waals surface area contributed by atoms with Crippen LogP contribution in [0.1, 0.15) is 27.6 Å². The molecule has 0 aromatic heterocycles. The fourth-order valence-corrected chi connectivity index (χ4v) is 2.32. The molecule has 1 atom stereocenters. The van der Waals surface area contributed by atoms with Crippen LogP contribution in [0.15, 0.2) is 22.7 Å². The Morgan fingerprint density at radius 1 is 1.27 bits per heavy atom. The lowest BCUT2D eigenvalue weighted by Gasteiger charge is -2.14. The summed E-state index contributed by atoms with van der Waals surface area (Å²) < 4.78 is 0.661. The number of halogens is 1. The highest BCUT2D eigenvalue weighted by Crippen LogP contribution is 2.25. The Balaban J connectivity index is 2.03. The maximum atomic E-state index is 12.2. The molecular formula is C14H13BrN2O5. The molecule has 1 aromatic rings. The molecule has 0 saturated heterocycles. The van der Waals surface area contributed by atoms with Crippen molar-refractivity contribution >= 4 is 39.6 Å². The number of carboxylic acids is 1. The largest absolute Gasteiger partial charge is 0.481 e. The maximum Gasteiger partial charge on any atom is 0.308 e. The number of fused-ring (bicyclic) bond motifs is 1. The van der Waals surface area contributed by atoms with Gasteiger partial charge in [0.15, 0.2) is 0 Å². The van der Waals surface area contributed by atoms with E-state index in [1.54, 1.807) is 6.07 Å². The fraction of sp³-hybridized carbons (Fsp3) is 0.286. The van der Waals surface area contributed by atoms with Crippen molar-refractivity contribution in [2.75, 3.05) is 13.1 Å². The maximum absolute atomic E-state index is 12.2. The van der Waals surface area contributed by atoms with Gasteiger partial charge in [-0.05, 0) is 18.2 Å². The molecule has 116 valence electrons. The zero-order chi connectivity index (χ0) is 16.4. The minimum absolute atomic E-state index is 0.0666. The summed E-state index contributed by atoms with van der Waals surface area (Å²) in [6, 6.07) is 4.69. The third-order valence-corrected chi connectivity index (χ3v) is 3.75. The Morgan fingerprint density at radius 2 is 1.91 bits per heavy atom. The molecule has 2 N–H and O–H groups in total. The van der Waals surface area contributed by atoms with Crippen LogP contribution >= 0.6 is 15.9 Å². The van der Waals surface area contributed by atoms with Crippen molar-refractivity contribution in [3.05, 3.63) is 33.8 Å². The zero-order valence-corrected chi connectivity index (χ0v) is 13.2. The standard InChI is InChI=1S/C14H13BrN2O5/c1-7(14(21)22)5-16-11(18)6-17-12(19)9-3-2-8(15)4-10(9)13(17)20/h2-4,7H,5-6H2,1H3,(H,16,18)(H,21,22). The van der Waals surface area contributed by atoms with Crippen molar-refractivity contribution in [3.8, 4) is 0 Å². The lowest BCUT2D eigenvalue weighted by atomic mass is 10.1. The number of imide groups is 1. The Hall–Kier alpha value is -2.22. The Kier molecular flexibility index (Phi) is 4.60. The summed E-state index contributed by atoms with van der Waals surface area (Å²) in [4.78, 5) is 47.6. The van der Waals surface area contributed by atoms with Gasteiger partial charge in [-0.15, -0.1) is 0 Å². The van der Waals surface area contributed by atoms with E-state index < -0.39 is 36.2 Å². The summed E-state index contributed by atoms with van der Waals surface area (Å²) >= 11 is 3.22. The van der Waals surface area contributed by atoms with Crippen LogP contribution < -0.4 is 5.32 Å². The van der Waals surface area contributed by atoms with Crippen LogP contribution in [0.5, 0.6) is 0 Å². The van der Waals surface area contributed by atoms with Gasteiger partial charge < -0.3 is 10.4 Å². The first-order valence-electron chi connectivity index (χ1n) is 6.46. The molecule has 1 aliphatic rings. The highest BCUT2D eigenvalue weighted by molar-refractivity contribution is 9.10. The van der Waals surface area contributed by atoms with Gasteiger partial charge in [0, 0.05) is 11.0 Å². The van der Waals surface area contributed by atoms with E-state index in [9.17, 15) is 19.2 Å². The van der Waals surface area contributed by atoms with Crippen LogP contribution in [-0.4, -0.2) is 46.8 Å². The van der Waals surface area contributed by atoms with E-state index in [1.165, 1.54) is 19.1 Å². The summed E-state index contributed by atoms with van der Waals surface area (Å²) in [6.07, 6.45) is 0. The highest BCUT2D eigenvalue weighted by atomic mass is 79.9. The first kappa shape index (κ1) is 16.2. The SMILES string of the molecule is CC(CNC(=O)CN1C(=O)c2ccc(Br)cc2C1=O)C(=O)O. The van der Waals surface area contributed by atoms with E-state index in [1.807, 2.05) is 0 Å². The Labute approximate surface area is 134 Å². The van der Waals surface area contributed by atoms with Gasteiger partial charge in [0.25, 0.3) is 11.8 Å². The normalized spacial score (nSPS) is 14.7. The molecule has 8 heteroatoms. The van der Waals surface area contributed by atoms with E-state index in [4.69, 9.17) is 5.11 Å². The zero-order valence-electron chi connectivity index (χ0n) is 11.6. The van der Waals surface area contributed by atoms with Crippen molar-refractivity contribution in [2.24, 2.45) is 5.92 Å². The number of benzene rings is 1. The van der Waals surface area contributed by atoms with Gasteiger partial charge in [0.2, 0.25) is 5.91 Å². The molecule has 1 unspecified atom stereocenters. The van der Waals surface area contributed by atoms with Gasteiger partial charge in [-0.3, -0.25) is 24.1 Å². The van der Waals surface area contributed by atoms with Crippen LogP contribution in [0.4, 0.5) is 0 Å². The smallest absolute Gasteiger partial charge is 0.308 e. The van der Waals surface area contributed by atoms with Crippen LogP contribution in [0.3, 0.4) is 0 Å². The van der Waals surface area contributed by atoms with Gasteiger partial charge in [-0.25, -0.2) is 0 Å². The molecule has 0 bridgehead atoms. The van der Waals surface area contributed by atoms with E-state index in [-0.39, 0.29) is 17.7 Å². The van der Waals surface area contributed by atoms with Gasteiger partial charge in [0.05, 0.1) is 17.0 Å². The van der Waals surface area contributed by atoms with Crippen LogP contribution in [0.2, 0.25) is 0 Å². The molecule has 0 saturated carbocycles. The van der Waals surface area contributed by atoms with Gasteiger partial charge in [-0.1, -0.05) is 22.9 Å². The molecule has 2 rings (SSSR count). The van der Waals surface area contributed by atoms with Gasteiger partial charge in [0.1, 0.15) is 6.54 Å². The topological polar surface area (TPSA) is 104 Å². The summed E-state index contributed by atoms with van der Waals surface area (Å²) in [5.74, 6) is -3.44. The molecule has 0 radical (unpaired) electrons. The summed E-state index contributed by atoms with van der Waals surface area (Å²) in [5, 5.41) is 11.1. The number of aliphatic carboxylic acids is 1. The predicted molar refractivity (Wildman–Crippen MR) is 79.3 cm³/mol. The minimum Gasteiger partial charge on any atom is -0.481 e. The number of carboxylic acid groups (broad SMARTS) is 1. The van der Waals surface area contributed by atoms with Crippen LogP contribution in [0.25, 0.3) is 0 Å². The third-order valence-electron chi connectivity index (χ3n) is 3.26. The fourth-order valence-electron chi connectivity index (χ4n) is 1.96. The van der Waals surface area contributed by atoms with E-state index >= 15 is 0 Å². The Bertz CT molecular complexity index is 673. The van der Waals surface area contributed by atoms with Crippen molar-refractivity contribution < 1.29 is 24.3 Å². The van der Waals surface area contributed by atoms with Crippen LogP contribution in [-0.2, 0) is 9.59 Å². The second kappa shape index (κ2) is 6.27. The third kappa shape index (κ3) is 3.16. The number of hydrogen-bond donors (Lipinski definition) is 2. The van der Waals surface area contributed by atoms with E-state index in [0.717, 1.165) is 4.90 Å². The molecular weight excluding hydrogens is 356 g/mol. The molecule has 3 amide bonds. The van der Waals surface area contributed by atoms with Crippen molar-refractivity contribution in [1.29, 1.82) is 0 Å². The lowest BCUT2D eigenvalue weighted by Crippen LogP contribution is -2.42. The number of carbonyl (C=O) groups excluding carboxylic acids is 3. The number of nitrogens with one attached hydrogen (secondary N) is 1. The number of nitrogens with zero attached hydrogens (tertiary/aromatic N) is 1. The van der Waals surface area contributed by atoms with Crippen LogP contribution in [0, 0.1) is 5.92 Å². The quantitative estimate of drug-likeness (QED) is 0.750. The monoisotopic (exact) mass is 368 g/mol. The molecule has 7 nitrogen and oxygen atoms in total. The second-order valence-electron chi connectivity index (χ2n) is 4.93. The first-order chi connectivity index (χ1) is 10.3. The minimum atomic E-state index is -1.04. The van der Waals surface area contributed by atoms with E-state index in [0.29, 0.717) is 4.47 Å². The Morgan fingerprint density at radius 3 is 2.55 bits per heavy atom. The number of carbonyl (C=O) groups is 4. The average Bonchev–Trinajstić information content (AvgIpc) is 2.69. The second-order valence-corrected chi connectivity index (χ2v) is 5.85. The van der Waals surface area contributed by atoms with Gasteiger partial charge in [-0.2, -0.15) is 0 Å². The average molecular weight is 369 g/mol.